The monoisotopic (exact) mass is 479 g/mol. The van der Waals surface area contributed by atoms with Gasteiger partial charge in [-0.3, -0.25) is 9.59 Å². The zero-order valence-corrected chi connectivity index (χ0v) is 18.9. The van der Waals surface area contributed by atoms with Gasteiger partial charge in [-0.2, -0.15) is 5.21 Å². The molecule has 34 heavy (non-hydrogen) atoms. The number of ketones is 1. The van der Waals surface area contributed by atoms with Crippen LogP contribution in [0.2, 0.25) is 0 Å². The quantitative estimate of drug-likeness (QED) is 0.149. The number of nitrogens with two attached hydrogens (primary N) is 1. The molecule has 3 N–H and O–H groups in total. The second-order valence-electron chi connectivity index (χ2n) is 7.46. The molecule has 10 heteroatoms. The second kappa shape index (κ2) is 10.8. The number of hydrogen-bond donors (Lipinski definition) is 2. The summed E-state index contributed by atoms with van der Waals surface area (Å²) in [6.45, 7) is 0.632. The molecular weight excluding hydrogens is 458 g/mol. The molecule has 0 radical (unpaired) electrons. The number of anilines is 1. The zero-order valence-electron chi connectivity index (χ0n) is 18.2. The summed E-state index contributed by atoms with van der Waals surface area (Å²) in [6.07, 6.45) is 6.06. The molecule has 0 amide bonds. The Morgan fingerprint density at radius 1 is 1.15 bits per heavy atom. The van der Waals surface area contributed by atoms with Crippen molar-refractivity contribution in [2.24, 2.45) is 0 Å². The van der Waals surface area contributed by atoms with E-state index in [1.807, 2.05) is 24.3 Å². The highest BCUT2D eigenvalue weighted by Gasteiger charge is 2.20. The Hall–Kier alpha value is -3.98. The van der Waals surface area contributed by atoms with E-state index in [1.54, 1.807) is 24.3 Å². The lowest BCUT2D eigenvalue weighted by Crippen LogP contribution is -2.12. The average Bonchev–Trinajstić information content (AvgIpc) is 3.40. The highest BCUT2D eigenvalue weighted by atomic mass is 35.5. The molecule has 0 aliphatic heterocycles. The Labute approximate surface area is 199 Å². The highest BCUT2D eigenvalue weighted by Crippen LogP contribution is 2.27. The predicted molar refractivity (Wildman–Crippen MR) is 130 cm³/mol. The van der Waals surface area contributed by atoms with Gasteiger partial charge in [0.15, 0.2) is 5.78 Å². The van der Waals surface area contributed by atoms with Crippen molar-refractivity contribution in [1.29, 1.82) is 0 Å². The molecule has 0 aliphatic rings. The number of hydrogen-bond acceptors (Lipinski definition) is 8. The van der Waals surface area contributed by atoms with Gasteiger partial charge in [-0.05, 0) is 60.4 Å². The van der Waals surface area contributed by atoms with Gasteiger partial charge in [-0.1, -0.05) is 24.3 Å². The minimum absolute atomic E-state index is 0.0238. The van der Waals surface area contributed by atoms with Crippen LogP contribution in [0.25, 0.3) is 28.6 Å². The van der Waals surface area contributed by atoms with Crippen molar-refractivity contribution >= 4 is 40.1 Å². The van der Waals surface area contributed by atoms with E-state index in [1.165, 1.54) is 6.08 Å². The van der Waals surface area contributed by atoms with Crippen molar-refractivity contribution in [2.75, 3.05) is 18.2 Å². The number of ether oxygens (including phenoxy) is 1. The first-order valence-corrected chi connectivity index (χ1v) is 11.2. The Kier molecular flexibility index (Phi) is 7.34. The molecule has 2 aromatic carbocycles. The van der Waals surface area contributed by atoms with Crippen molar-refractivity contribution in [1.82, 2.24) is 20.6 Å². The zero-order chi connectivity index (χ0) is 23.9. The number of alkyl halides is 1. The second-order valence-corrected chi connectivity index (χ2v) is 7.83. The lowest BCUT2D eigenvalue weighted by atomic mass is 10.0. The van der Waals surface area contributed by atoms with Crippen LogP contribution in [0, 0.1) is 0 Å². The van der Waals surface area contributed by atoms with Crippen LogP contribution in [-0.2, 0) is 0 Å². The van der Waals surface area contributed by atoms with Crippen molar-refractivity contribution in [3.05, 3.63) is 69.9 Å². The number of aromatic nitrogens is 4. The smallest absolute Gasteiger partial charge is 0.242 e. The van der Waals surface area contributed by atoms with Gasteiger partial charge in [0.2, 0.25) is 17.0 Å². The maximum absolute atomic E-state index is 13.0. The molecule has 0 fully saturated rings. The van der Waals surface area contributed by atoms with E-state index < -0.39 is 5.43 Å². The first kappa shape index (κ1) is 23.2. The molecule has 0 unspecified atom stereocenters. The number of halogens is 1. The molecule has 2 aromatic heterocycles. The van der Waals surface area contributed by atoms with Crippen LogP contribution in [0.4, 0.5) is 5.69 Å². The molecule has 0 saturated heterocycles. The third-order valence-corrected chi connectivity index (χ3v) is 5.39. The number of nitrogens with zero attached hydrogens (tertiary/aromatic N) is 3. The minimum atomic E-state index is -0.474. The normalized spacial score (nSPS) is 11.3. The summed E-state index contributed by atoms with van der Waals surface area (Å²) >= 11 is 5.67. The molecule has 0 spiro atoms. The van der Waals surface area contributed by atoms with Gasteiger partial charge in [0, 0.05) is 5.88 Å². The van der Waals surface area contributed by atoms with Gasteiger partial charge in [-0.15, -0.1) is 21.8 Å². The SMILES string of the molecule is Nc1c(-c2nn[nH]n2)oc2c(C(=O)C=Cc3ccc(OCCCCCCl)cc3)cccc2c1=O. The Balaban J connectivity index is 1.53. The molecule has 4 rings (SSSR count). The van der Waals surface area contributed by atoms with Gasteiger partial charge in [-0.25, -0.2) is 0 Å². The summed E-state index contributed by atoms with van der Waals surface area (Å²) in [5.41, 5.74) is 6.43. The summed E-state index contributed by atoms with van der Waals surface area (Å²) in [5, 5.41) is 13.6. The highest BCUT2D eigenvalue weighted by molar-refractivity contribution is 6.17. The van der Waals surface area contributed by atoms with Crippen molar-refractivity contribution in [3.63, 3.8) is 0 Å². The number of tetrazole rings is 1. The van der Waals surface area contributed by atoms with E-state index in [4.69, 9.17) is 26.5 Å². The van der Waals surface area contributed by atoms with E-state index in [-0.39, 0.29) is 39.6 Å². The number of benzene rings is 2. The summed E-state index contributed by atoms with van der Waals surface area (Å²) in [5.74, 6) is 1.07. The number of para-hydroxylation sites is 1. The first-order chi connectivity index (χ1) is 16.6. The van der Waals surface area contributed by atoms with Crippen LogP contribution >= 0.6 is 11.6 Å². The van der Waals surface area contributed by atoms with E-state index in [2.05, 4.69) is 20.6 Å². The lowest BCUT2D eigenvalue weighted by molar-refractivity contribution is 0.104. The third kappa shape index (κ3) is 5.15. The molecular formula is C24H22ClN5O4. The topological polar surface area (TPSA) is 137 Å². The molecule has 0 bridgehead atoms. The number of aromatic amines is 1. The number of allylic oxidation sites excluding steroid dienone is 1. The molecule has 174 valence electrons. The fourth-order valence-electron chi connectivity index (χ4n) is 3.35. The van der Waals surface area contributed by atoms with Crippen LogP contribution in [0.3, 0.4) is 0 Å². The molecule has 4 aromatic rings. The number of H-pyrrole nitrogens is 1. The Morgan fingerprint density at radius 2 is 1.97 bits per heavy atom. The fraction of sp³-hybridized carbons (Fsp3) is 0.208. The van der Waals surface area contributed by atoms with Gasteiger partial charge in [0.25, 0.3) is 0 Å². The van der Waals surface area contributed by atoms with Gasteiger partial charge < -0.3 is 14.9 Å². The van der Waals surface area contributed by atoms with Crippen LogP contribution in [0.1, 0.15) is 35.2 Å². The van der Waals surface area contributed by atoms with Crippen LogP contribution < -0.4 is 15.9 Å². The van der Waals surface area contributed by atoms with Crippen LogP contribution in [0.5, 0.6) is 5.75 Å². The van der Waals surface area contributed by atoms with E-state index in [0.717, 1.165) is 30.6 Å². The van der Waals surface area contributed by atoms with E-state index in [0.29, 0.717) is 12.5 Å². The molecule has 0 saturated carbocycles. The van der Waals surface area contributed by atoms with Gasteiger partial charge >= 0.3 is 0 Å². The fourth-order valence-corrected chi connectivity index (χ4v) is 3.54. The maximum atomic E-state index is 13.0. The largest absolute Gasteiger partial charge is 0.494 e. The lowest BCUT2D eigenvalue weighted by Gasteiger charge is -2.07. The summed E-state index contributed by atoms with van der Waals surface area (Å²) in [6, 6.07) is 12.1. The summed E-state index contributed by atoms with van der Waals surface area (Å²) < 4.78 is 11.5. The summed E-state index contributed by atoms with van der Waals surface area (Å²) in [4.78, 5) is 25.7. The minimum Gasteiger partial charge on any atom is -0.494 e. The first-order valence-electron chi connectivity index (χ1n) is 10.7. The Morgan fingerprint density at radius 3 is 2.71 bits per heavy atom. The molecule has 0 atom stereocenters. The number of rotatable bonds is 10. The predicted octanol–water partition coefficient (Wildman–Crippen LogP) is 4.24. The standard InChI is InChI=1S/C24H22ClN5O4/c25-13-2-1-3-14-33-16-10-7-15(8-11-16)9-12-19(31)17-5-4-6-18-21(32)20(26)23(34-22(17)18)24-27-29-30-28-24/h4-12H,1-3,13-14,26H2,(H,27,28,29,30). The number of fused-ring (bicyclic) bond motifs is 1. The maximum Gasteiger partial charge on any atom is 0.242 e. The number of unbranched alkanes of at least 4 members (excludes halogenated alkanes) is 2. The molecule has 9 nitrogen and oxygen atoms in total. The average molecular weight is 480 g/mol. The molecule has 2 heterocycles. The summed E-state index contributed by atoms with van der Waals surface area (Å²) in [7, 11) is 0. The number of carbonyl (C=O) groups is 1. The van der Waals surface area contributed by atoms with Crippen molar-refractivity contribution in [2.45, 2.75) is 19.3 Å². The Bertz CT molecular complexity index is 1360. The van der Waals surface area contributed by atoms with Crippen molar-refractivity contribution in [3.8, 4) is 17.3 Å². The number of carbonyl (C=O) groups excluding carboxylic acids is 1. The van der Waals surface area contributed by atoms with Crippen LogP contribution in [0.15, 0.2) is 57.8 Å². The van der Waals surface area contributed by atoms with Crippen molar-refractivity contribution < 1.29 is 13.9 Å². The van der Waals surface area contributed by atoms with E-state index >= 15 is 0 Å². The van der Waals surface area contributed by atoms with Gasteiger partial charge in [0.1, 0.15) is 17.0 Å². The number of nitrogen functional groups attached to an aromatic ring is 1. The van der Waals surface area contributed by atoms with Crippen LogP contribution in [-0.4, -0.2) is 38.9 Å². The van der Waals surface area contributed by atoms with E-state index in [9.17, 15) is 9.59 Å². The van der Waals surface area contributed by atoms with Gasteiger partial charge in [0.05, 0.1) is 17.6 Å². The molecule has 0 aliphatic carbocycles. The number of nitrogens with one attached hydrogen (secondary N) is 1. The third-order valence-electron chi connectivity index (χ3n) is 5.12.